The monoisotopic (exact) mass is 184 g/mol. The molecule has 7 nitrogen and oxygen atoms in total. The van der Waals surface area contributed by atoms with Gasteiger partial charge >= 0.3 is 17.6 Å². The summed E-state index contributed by atoms with van der Waals surface area (Å²) in [5.74, 6) is -0.682. The van der Waals surface area contributed by atoms with Gasteiger partial charge in [0, 0.05) is 14.2 Å². The number of hydrogen-bond acceptors (Lipinski definition) is 3. The Bertz CT molecular complexity index is 307. The molecule has 3 amide bonds. The molecule has 70 valence electrons. The second-order valence-electron chi connectivity index (χ2n) is 2.41. The molecule has 0 saturated carbocycles. The maximum atomic E-state index is 11.2. The number of urea groups is 1. The van der Waals surface area contributed by atoms with Gasteiger partial charge in [-0.05, 0) is 0 Å². The van der Waals surface area contributed by atoms with E-state index >= 15 is 0 Å². The van der Waals surface area contributed by atoms with Crippen molar-refractivity contribution in [2.24, 2.45) is 0 Å². The number of hydrogen-bond donors (Lipinski definition) is 1. The maximum absolute atomic E-state index is 11.2. The van der Waals surface area contributed by atoms with E-state index in [2.05, 4.69) is 10.1 Å². The molecule has 0 aromatic heterocycles. The molecule has 0 aromatic rings. The summed E-state index contributed by atoms with van der Waals surface area (Å²) in [6.45, 7) is 0. The number of ether oxygens (including phenoxy) is 1. The van der Waals surface area contributed by atoms with E-state index in [0.717, 1.165) is 4.90 Å². The standard InChI is InChI=1S/C6H8N4O3/c1-10-5(11)3(9-7)4(13-2)8-6(10)12/h4H,1-2H3,(H,8,12). The molecule has 7 heteroatoms. The Kier molecular flexibility index (Phi) is 2.41. The molecule has 1 aliphatic heterocycles. The fraction of sp³-hybridized carbons (Fsp3) is 0.500. The summed E-state index contributed by atoms with van der Waals surface area (Å²) in [5.41, 5.74) is 8.23. The van der Waals surface area contributed by atoms with Gasteiger partial charge in [0.05, 0.1) is 0 Å². The van der Waals surface area contributed by atoms with Crippen LogP contribution in [0.15, 0.2) is 0 Å². The highest BCUT2D eigenvalue weighted by molar-refractivity contribution is 6.42. The predicted molar refractivity (Wildman–Crippen MR) is 40.7 cm³/mol. The number of nitrogens with zero attached hydrogens (tertiary/aromatic N) is 3. The van der Waals surface area contributed by atoms with Gasteiger partial charge in [-0.15, -0.1) is 0 Å². The summed E-state index contributed by atoms with van der Waals surface area (Å²) in [4.78, 5) is 25.8. The van der Waals surface area contributed by atoms with Gasteiger partial charge in [0.1, 0.15) is 0 Å². The third kappa shape index (κ3) is 1.42. The van der Waals surface area contributed by atoms with E-state index in [1.165, 1.54) is 14.2 Å². The van der Waals surface area contributed by atoms with Gasteiger partial charge in [0.25, 0.3) is 0 Å². The largest absolute Gasteiger partial charge is 0.405 e. The molecule has 1 fully saturated rings. The normalized spacial score (nSPS) is 22.8. The molecule has 13 heavy (non-hydrogen) atoms. The summed E-state index contributed by atoms with van der Waals surface area (Å²) < 4.78 is 4.71. The van der Waals surface area contributed by atoms with E-state index in [1.807, 2.05) is 0 Å². The number of carbonyl (C=O) groups is 2. The first-order valence-corrected chi connectivity index (χ1v) is 3.45. The average Bonchev–Trinajstić information content (AvgIpc) is 2.13. The zero-order chi connectivity index (χ0) is 10.0. The van der Waals surface area contributed by atoms with Crippen molar-refractivity contribution in [3.8, 4) is 0 Å². The molecule has 0 radical (unpaired) electrons. The van der Waals surface area contributed by atoms with E-state index in [9.17, 15) is 9.59 Å². The molecular weight excluding hydrogens is 176 g/mol. The Balaban J connectivity index is 3.02. The zero-order valence-electron chi connectivity index (χ0n) is 7.14. The second kappa shape index (κ2) is 3.34. The lowest BCUT2D eigenvalue weighted by Gasteiger charge is -2.23. The van der Waals surface area contributed by atoms with Gasteiger partial charge in [-0.1, -0.05) is 0 Å². The highest BCUT2D eigenvalue weighted by Crippen LogP contribution is 2.01. The number of imide groups is 1. The lowest BCUT2D eigenvalue weighted by molar-refractivity contribution is -0.129. The third-order valence-electron chi connectivity index (χ3n) is 1.67. The van der Waals surface area contributed by atoms with Crippen molar-refractivity contribution in [1.29, 1.82) is 0 Å². The predicted octanol–water partition coefficient (Wildman–Crippen LogP) is -1.19. The van der Waals surface area contributed by atoms with E-state index < -0.39 is 18.2 Å². The molecule has 1 unspecified atom stereocenters. The summed E-state index contributed by atoms with van der Waals surface area (Å²) in [5, 5.41) is 2.30. The fourth-order valence-electron chi connectivity index (χ4n) is 0.919. The Hall–Kier alpha value is -1.72. The van der Waals surface area contributed by atoms with Crippen LogP contribution in [0.1, 0.15) is 0 Å². The minimum atomic E-state index is -0.985. The molecule has 1 rings (SSSR count). The van der Waals surface area contributed by atoms with Crippen LogP contribution < -0.4 is 5.32 Å². The maximum Gasteiger partial charge on any atom is 0.405 e. The molecule has 0 bridgehead atoms. The van der Waals surface area contributed by atoms with E-state index in [1.54, 1.807) is 0 Å². The summed E-state index contributed by atoms with van der Waals surface area (Å²) in [6.07, 6.45) is -0.985. The Morgan fingerprint density at radius 2 is 2.23 bits per heavy atom. The van der Waals surface area contributed by atoms with Crippen molar-refractivity contribution in [1.82, 2.24) is 10.2 Å². The SMILES string of the molecule is COC1NC(=O)N(C)C(=O)C1=[N+]=[N-]. The van der Waals surface area contributed by atoms with Crippen molar-refractivity contribution in [3.63, 3.8) is 0 Å². The Morgan fingerprint density at radius 1 is 1.62 bits per heavy atom. The van der Waals surface area contributed by atoms with E-state index in [4.69, 9.17) is 10.3 Å². The van der Waals surface area contributed by atoms with Gasteiger partial charge in [0.2, 0.25) is 6.23 Å². The van der Waals surface area contributed by atoms with Gasteiger partial charge in [-0.25, -0.2) is 4.79 Å². The molecule has 1 heterocycles. The first-order chi connectivity index (χ1) is 6.11. The number of carbonyl (C=O) groups excluding carboxylic acids is 2. The van der Waals surface area contributed by atoms with Crippen LogP contribution in [0.25, 0.3) is 5.53 Å². The van der Waals surface area contributed by atoms with Crippen molar-refractivity contribution in [2.45, 2.75) is 6.23 Å². The van der Waals surface area contributed by atoms with Gasteiger partial charge in [0.15, 0.2) is 0 Å². The molecule has 0 aliphatic carbocycles. The van der Waals surface area contributed by atoms with Crippen LogP contribution >= 0.6 is 0 Å². The van der Waals surface area contributed by atoms with Gasteiger partial charge < -0.3 is 15.6 Å². The molecule has 1 aliphatic rings. The topological polar surface area (TPSA) is 95.0 Å². The van der Waals surface area contributed by atoms with Crippen LogP contribution in [0.2, 0.25) is 0 Å². The smallest absolute Gasteiger partial charge is 0.361 e. The fourth-order valence-corrected chi connectivity index (χ4v) is 0.919. The molecule has 1 atom stereocenters. The molecular formula is C6H8N4O3. The van der Waals surface area contributed by atoms with Gasteiger partial charge in [-0.2, -0.15) is 4.79 Å². The first kappa shape index (κ1) is 9.37. The quantitative estimate of drug-likeness (QED) is 0.410. The number of rotatable bonds is 1. The van der Waals surface area contributed by atoms with Crippen molar-refractivity contribution < 1.29 is 19.1 Å². The van der Waals surface area contributed by atoms with E-state index in [-0.39, 0.29) is 5.71 Å². The average molecular weight is 184 g/mol. The Morgan fingerprint density at radius 3 is 2.69 bits per heavy atom. The number of amides is 3. The van der Waals surface area contributed by atoms with Crippen LogP contribution in [-0.4, -0.2) is 47.7 Å². The molecule has 0 aromatic carbocycles. The molecule has 1 N–H and O–H groups in total. The highest BCUT2D eigenvalue weighted by atomic mass is 16.5. The third-order valence-corrected chi connectivity index (χ3v) is 1.67. The lowest BCUT2D eigenvalue weighted by Crippen LogP contribution is -2.60. The van der Waals surface area contributed by atoms with Crippen LogP contribution in [0, 0.1) is 0 Å². The minimum absolute atomic E-state index is 0.246. The van der Waals surface area contributed by atoms with E-state index in [0.29, 0.717) is 0 Å². The molecule has 0 spiro atoms. The highest BCUT2D eigenvalue weighted by Gasteiger charge is 2.42. The first-order valence-electron chi connectivity index (χ1n) is 3.45. The lowest BCUT2D eigenvalue weighted by atomic mass is 10.2. The summed E-state index contributed by atoms with van der Waals surface area (Å²) in [6, 6.07) is -0.593. The molecule has 1 saturated heterocycles. The van der Waals surface area contributed by atoms with Crippen molar-refractivity contribution in [3.05, 3.63) is 5.53 Å². The van der Waals surface area contributed by atoms with Crippen LogP contribution in [0.5, 0.6) is 0 Å². The summed E-state index contributed by atoms with van der Waals surface area (Å²) >= 11 is 0. The Labute approximate surface area is 73.9 Å². The zero-order valence-corrected chi connectivity index (χ0v) is 7.14. The van der Waals surface area contributed by atoms with Crippen molar-refractivity contribution in [2.75, 3.05) is 14.2 Å². The van der Waals surface area contributed by atoms with Crippen LogP contribution in [0.4, 0.5) is 4.79 Å². The number of nitrogens with one attached hydrogen (secondary N) is 1. The minimum Gasteiger partial charge on any atom is -0.361 e. The van der Waals surface area contributed by atoms with Gasteiger partial charge in [-0.3, -0.25) is 9.69 Å². The second-order valence-corrected chi connectivity index (χ2v) is 2.41. The number of methoxy groups -OCH3 is 1. The van der Waals surface area contributed by atoms with Crippen molar-refractivity contribution >= 4 is 17.6 Å². The van der Waals surface area contributed by atoms with Crippen LogP contribution in [-0.2, 0) is 9.53 Å². The summed E-state index contributed by atoms with van der Waals surface area (Å²) in [7, 11) is 2.56. The van der Waals surface area contributed by atoms with Crippen LogP contribution in [0.3, 0.4) is 0 Å².